The van der Waals surface area contributed by atoms with Gasteiger partial charge in [-0.25, -0.2) is 4.79 Å². The fraction of sp³-hybridized carbons (Fsp3) is 0.417. The zero-order valence-corrected chi connectivity index (χ0v) is 26.3. The number of benzene rings is 3. The largest absolute Gasteiger partial charge is 0.444 e. The Bertz CT molecular complexity index is 1470. The van der Waals surface area contributed by atoms with Gasteiger partial charge in [0.25, 0.3) is 0 Å². The van der Waals surface area contributed by atoms with Crippen molar-refractivity contribution in [3.05, 3.63) is 107 Å². The Hall–Kier alpha value is -4.34. The van der Waals surface area contributed by atoms with Crippen LogP contribution >= 0.6 is 0 Å². The van der Waals surface area contributed by atoms with Crippen LogP contribution < -0.4 is 5.32 Å². The smallest absolute Gasteiger partial charge is 0.416 e. The number of carbonyl (C=O) groups is 3. The fourth-order valence-corrected chi connectivity index (χ4v) is 6.50. The third-order valence-corrected chi connectivity index (χ3v) is 8.72. The van der Waals surface area contributed by atoms with Gasteiger partial charge in [-0.2, -0.15) is 13.2 Å². The molecule has 1 unspecified atom stereocenters. The van der Waals surface area contributed by atoms with Gasteiger partial charge in [-0.15, -0.1) is 0 Å². The predicted octanol–water partition coefficient (Wildman–Crippen LogP) is 6.87. The predicted molar refractivity (Wildman–Crippen MR) is 168 cm³/mol. The second-order valence-corrected chi connectivity index (χ2v) is 13.0. The summed E-state index contributed by atoms with van der Waals surface area (Å²) in [5.41, 5.74) is -0.676. The standard InChI is InChI=1S/C36H40F3N3O4/c1-34(2,3)46-33(45)41-23-19-29(20-24-41)40-31(43)30(25-15-17-28(18-16-25)36(37,38)39)42-22-10-21-35(32(42)44,26-11-6-4-7-12-26)27-13-8-5-9-14-27/h4-9,11-18,29-30H,10,19-24H2,1-3H3,(H,40,43). The molecule has 2 heterocycles. The SMILES string of the molecule is CC(C)(C)OC(=O)N1CCC(NC(=O)C(c2ccc(C(F)(F)F)cc2)N2CCCC(c3ccccc3)(c3ccccc3)C2=O)CC1. The number of nitrogens with zero attached hydrogens (tertiary/aromatic N) is 2. The van der Waals surface area contributed by atoms with Gasteiger partial charge >= 0.3 is 12.3 Å². The molecule has 3 aromatic carbocycles. The molecule has 3 aromatic rings. The molecule has 244 valence electrons. The molecule has 7 nitrogen and oxygen atoms in total. The number of amides is 3. The first-order valence-corrected chi connectivity index (χ1v) is 15.7. The summed E-state index contributed by atoms with van der Waals surface area (Å²) in [6.45, 7) is 6.40. The zero-order valence-electron chi connectivity index (χ0n) is 26.3. The Morgan fingerprint density at radius 1 is 0.848 bits per heavy atom. The van der Waals surface area contributed by atoms with Crippen LogP contribution in [-0.2, 0) is 25.9 Å². The fourth-order valence-electron chi connectivity index (χ4n) is 6.50. The highest BCUT2D eigenvalue weighted by Gasteiger charge is 2.50. The molecule has 2 aliphatic rings. The Morgan fingerprint density at radius 2 is 1.39 bits per heavy atom. The minimum atomic E-state index is -4.55. The number of likely N-dealkylation sites (tertiary alicyclic amines) is 2. The van der Waals surface area contributed by atoms with E-state index in [0.717, 1.165) is 23.3 Å². The van der Waals surface area contributed by atoms with Crippen LogP contribution in [0.15, 0.2) is 84.9 Å². The van der Waals surface area contributed by atoms with Crippen LogP contribution in [0.25, 0.3) is 0 Å². The molecule has 2 saturated heterocycles. The van der Waals surface area contributed by atoms with Crippen LogP contribution in [0, 0.1) is 0 Å². The molecule has 0 aliphatic carbocycles. The molecule has 2 fully saturated rings. The monoisotopic (exact) mass is 635 g/mol. The van der Waals surface area contributed by atoms with Crippen LogP contribution in [0.2, 0.25) is 0 Å². The average molecular weight is 636 g/mol. The second-order valence-electron chi connectivity index (χ2n) is 13.0. The molecule has 5 rings (SSSR count). The summed E-state index contributed by atoms with van der Waals surface area (Å²) in [5, 5.41) is 3.06. The van der Waals surface area contributed by atoms with Crippen molar-refractivity contribution < 1.29 is 32.3 Å². The van der Waals surface area contributed by atoms with Crippen molar-refractivity contribution >= 4 is 17.9 Å². The summed E-state index contributed by atoms with van der Waals surface area (Å²) in [4.78, 5) is 44.7. The lowest BCUT2D eigenvalue weighted by Crippen LogP contribution is -2.57. The number of ether oxygens (including phenoxy) is 1. The number of nitrogens with one attached hydrogen (secondary N) is 1. The Balaban J connectivity index is 1.46. The van der Waals surface area contributed by atoms with Crippen LogP contribution in [0.5, 0.6) is 0 Å². The lowest BCUT2D eigenvalue weighted by molar-refractivity contribution is -0.147. The van der Waals surface area contributed by atoms with E-state index >= 15 is 0 Å². The van der Waals surface area contributed by atoms with E-state index in [-0.39, 0.29) is 18.5 Å². The number of carbonyl (C=O) groups excluding carboxylic acids is 3. The number of rotatable bonds is 6. The maximum atomic E-state index is 14.8. The van der Waals surface area contributed by atoms with Gasteiger partial charge < -0.3 is 19.9 Å². The zero-order chi connectivity index (χ0) is 33.1. The molecule has 0 aromatic heterocycles. The molecule has 1 N–H and O–H groups in total. The molecule has 1 atom stereocenters. The third-order valence-electron chi connectivity index (χ3n) is 8.72. The summed E-state index contributed by atoms with van der Waals surface area (Å²) in [6.07, 6.45) is -2.94. The highest BCUT2D eigenvalue weighted by Crippen LogP contribution is 2.44. The summed E-state index contributed by atoms with van der Waals surface area (Å²) in [6, 6.07) is 21.9. The lowest BCUT2D eigenvalue weighted by atomic mass is 9.68. The molecule has 3 amide bonds. The first-order chi connectivity index (χ1) is 21.8. The Morgan fingerprint density at radius 3 is 1.89 bits per heavy atom. The van der Waals surface area contributed by atoms with Gasteiger partial charge in [0.15, 0.2) is 0 Å². The number of hydrogen-bond acceptors (Lipinski definition) is 4. The average Bonchev–Trinajstić information content (AvgIpc) is 3.02. The first kappa shape index (κ1) is 33.0. The summed E-state index contributed by atoms with van der Waals surface area (Å²) in [5.74, 6) is -0.753. The molecule has 0 radical (unpaired) electrons. The third kappa shape index (κ3) is 7.06. The van der Waals surface area contributed by atoms with E-state index in [1.807, 2.05) is 60.7 Å². The maximum absolute atomic E-state index is 14.8. The molecule has 0 bridgehead atoms. The molecule has 10 heteroatoms. The van der Waals surface area contributed by atoms with Crippen LogP contribution in [0.1, 0.15) is 74.8 Å². The number of piperidine rings is 2. The molecular formula is C36H40F3N3O4. The van der Waals surface area contributed by atoms with E-state index in [4.69, 9.17) is 4.74 Å². The van der Waals surface area contributed by atoms with Crippen molar-refractivity contribution in [1.82, 2.24) is 15.1 Å². The van der Waals surface area contributed by atoms with E-state index in [9.17, 15) is 27.6 Å². The van der Waals surface area contributed by atoms with E-state index in [2.05, 4.69) is 5.32 Å². The highest BCUT2D eigenvalue weighted by atomic mass is 19.4. The molecule has 46 heavy (non-hydrogen) atoms. The Kier molecular flexibility index (Phi) is 9.47. The van der Waals surface area contributed by atoms with Crippen molar-refractivity contribution in [2.45, 2.75) is 75.7 Å². The normalized spacial score (nSPS) is 18.2. The van der Waals surface area contributed by atoms with Crippen LogP contribution in [0.4, 0.5) is 18.0 Å². The van der Waals surface area contributed by atoms with Gasteiger partial charge in [0.1, 0.15) is 11.6 Å². The maximum Gasteiger partial charge on any atom is 0.416 e. The van der Waals surface area contributed by atoms with E-state index < -0.39 is 40.8 Å². The van der Waals surface area contributed by atoms with Gasteiger partial charge in [-0.1, -0.05) is 72.8 Å². The van der Waals surface area contributed by atoms with Crippen LogP contribution in [0.3, 0.4) is 0 Å². The van der Waals surface area contributed by atoms with Crippen molar-refractivity contribution in [2.24, 2.45) is 0 Å². The van der Waals surface area contributed by atoms with E-state index in [0.29, 0.717) is 44.3 Å². The molecular weight excluding hydrogens is 595 g/mol. The molecule has 0 saturated carbocycles. The van der Waals surface area contributed by atoms with Crippen molar-refractivity contribution in [3.63, 3.8) is 0 Å². The van der Waals surface area contributed by atoms with Crippen molar-refractivity contribution in [1.29, 1.82) is 0 Å². The van der Waals surface area contributed by atoms with Gasteiger partial charge in [-0.05, 0) is 75.3 Å². The number of halogens is 3. The summed E-state index contributed by atoms with van der Waals surface area (Å²) < 4.78 is 45.9. The topological polar surface area (TPSA) is 79.0 Å². The molecule has 0 spiro atoms. The van der Waals surface area contributed by atoms with Crippen molar-refractivity contribution in [3.8, 4) is 0 Å². The van der Waals surface area contributed by atoms with E-state index in [1.54, 1.807) is 25.7 Å². The van der Waals surface area contributed by atoms with Crippen molar-refractivity contribution in [2.75, 3.05) is 19.6 Å². The quantitative estimate of drug-likeness (QED) is 0.321. The van der Waals surface area contributed by atoms with Gasteiger partial charge in [0.2, 0.25) is 11.8 Å². The summed E-state index contributed by atoms with van der Waals surface area (Å²) >= 11 is 0. The highest BCUT2D eigenvalue weighted by molar-refractivity contribution is 5.97. The molecule has 2 aliphatic heterocycles. The second kappa shape index (κ2) is 13.2. The number of alkyl halides is 3. The van der Waals surface area contributed by atoms with Gasteiger partial charge in [-0.3, -0.25) is 9.59 Å². The minimum Gasteiger partial charge on any atom is -0.444 e. The van der Waals surface area contributed by atoms with E-state index in [1.165, 1.54) is 17.0 Å². The Labute approximate surface area is 267 Å². The van der Waals surface area contributed by atoms with Gasteiger partial charge in [0.05, 0.1) is 11.0 Å². The summed E-state index contributed by atoms with van der Waals surface area (Å²) in [7, 11) is 0. The number of hydrogen-bond donors (Lipinski definition) is 1. The van der Waals surface area contributed by atoms with Crippen LogP contribution in [-0.4, -0.2) is 59.0 Å². The lowest BCUT2D eigenvalue weighted by Gasteiger charge is -2.45. The van der Waals surface area contributed by atoms with Gasteiger partial charge in [0, 0.05) is 25.7 Å². The minimum absolute atomic E-state index is 0.260. The first-order valence-electron chi connectivity index (χ1n) is 15.7.